The minimum atomic E-state index is -4.60. The maximum atomic E-state index is 12.6. The number of aromatic hydroxyl groups is 1. The van der Waals surface area contributed by atoms with E-state index in [1.54, 1.807) is 0 Å². The molecule has 0 radical (unpaired) electrons. The van der Waals surface area contributed by atoms with Crippen molar-refractivity contribution < 1.29 is 23.1 Å². The molecule has 1 amide bonds. The van der Waals surface area contributed by atoms with Gasteiger partial charge in [-0.25, -0.2) is 4.98 Å². The lowest BCUT2D eigenvalue weighted by molar-refractivity contribution is -0.146. The Labute approximate surface area is 111 Å². The molecule has 1 aromatic heterocycles. The summed E-state index contributed by atoms with van der Waals surface area (Å²) < 4.78 is 38.4. The summed E-state index contributed by atoms with van der Waals surface area (Å²) in [5.41, 5.74) is -0.0493. The molecule has 5 nitrogen and oxygen atoms in total. The Morgan fingerprint density at radius 1 is 1.35 bits per heavy atom. The average Bonchev–Trinajstić information content (AvgIpc) is 2.70. The zero-order valence-corrected chi connectivity index (χ0v) is 10.3. The molecular weight excluding hydrogens is 275 g/mol. The van der Waals surface area contributed by atoms with E-state index in [1.807, 2.05) is 0 Å². The van der Waals surface area contributed by atoms with Crippen LogP contribution in [0.25, 0.3) is 0 Å². The van der Waals surface area contributed by atoms with Crippen molar-refractivity contribution in [3.05, 3.63) is 41.9 Å². The Kier molecular flexibility index (Phi) is 3.39. The molecule has 0 bridgehead atoms. The second-order valence-corrected chi connectivity index (χ2v) is 4.03. The monoisotopic (exact) mass is 285 g/mol. The van der Waals surface area contributed by atoms with Gasteiger partial charge >= 0.3 is 6.18 Å². The minimum Gasteiger partial charge on any atom is -0.507 e. The van der Waals surface area contributed by atoms with E-state index in [4.69, 9.17) is 0 Å². The van der Waals surface area contributed by atoms with Gasteiger partial charge in [0.15, 0.2) is 5.82 Å². The van der Waals surface area contributed by atoms with Crippen LogP contribution in [0.15, 0.2) is 30.5 Å². The van der Waals surface area contributed by atoms with Crippen molar-refractivity contribution in [2.75, 3.05) is 5.32 Å². The fraction of sp³-hybridized carbons (Fsp3) is 0.167. The summed E-state index contributed by atoms with van der Waals surface area (Å²) in [7, 11) is 1.17. The maximum Gasteiger partial charge on any atom is 0.449 e. The van der Waals surface area contributed by atoms with Gasteiger partial charge in [0.05, 0.1) is 5.56 Å². The molecule has 0 fully saturated rings. The van der Waals surface area contributed by atoms with Gasteiger partial charge in [-0.3, -0.25) is 4.79 Å². The zero-order chi connectivity index (χ0) is 14.9. The summed E-state index contributed by atoms with van der Waals surface area (Å²) in [5, 5.41) is 11.7. The summed E-state index contributed by atoms with van der Waals surface area (Å²) in [5.74, 6) is -2.37. The lowest BCUT2D eigenvalue weighted by Crippen LogP contribution is -2.13. The Hall–Kier alpha value is -2.51. The number of aryl methyl sites for hydroxylation is 1. The van der Waals surface area contributed by atoms with Crippen LogP contribution in [0.5, 0.6) is 5.75 Å². The molecule has 0 unspecified atom stereocenters. The number of hydrogen-bond acceptors (Lipinski definition) is 3. The van der Waals surface area contributed by atoms with Crippen LogP contribution < -0.4 is 5.32 Å². The Balaban J connectivity index is 2.23. The van der Waals surface area contributed by atoms with E-state index >= 15 is 0 Å². The number of alkyl halides is 3. The van der Waals surface area contributed by atoms with Gasteiger partial charge in [0.1, 0.15) is 5.75 Å². The first-order valence-corrected chi connectivity index (χ1v) is 5.49. The standard InChI is InChI=1S/C12H10F3N3O2/c1-18-6-9(17-11(18)12(13,14)15)16-10(20)7-4-2-3-5-8(7)19/h2-6,19H,1H3,(H,16,20). The van der Waals surface area contributed by atoms with Crippen LogP contribution in [0.1, 0.15) is 16.2 Å². The highest BCUT2D eigenvalue weighted by atomic mass is 19.4. The van der Waals surface area contributed by atoms with Gasteiger partial charge in [0.2, 0.25) is 5.82 Å². The van der Waals surface area contributed by atoms with Crippen molar-refractivity contribution in [3.63, 3.8) is 0 Å². The molecule has 0 saturated carbocycles. The summed E-state index contributed by atoms with van der Waals surface area (Å²) in [6.07, 6.45) is -3.56. The first-order chi connectivity index (χ1) is 9.29. The number of carbonyl (C=O) groups is 1. The van der Waals surface area contributed by atoms with Crippen molar-refractivity contribution in [1.82, 2.24) is 9.55 Å². The third-order valence-electron chi connectivity index (χ3n) is 2.52. The van der Waals surface area contributed by atoms with E-state index in [2.05, 4.69) is 10.3 Å². The van der Waals surface area contributed by atoms with E-state index in [-0.39, 0.29) is 17.1 Å². The number of aromatic nitrogens is 2. The third kappa shape index (κ3) is 2.73. The quantitative estimate of drug-likeness (QED) is 0.890. The van der Waals surface area contributed by atoms with E-state index in [9.17, 15) is 23.1 Å². The number of anilines is 1. The van der Waals surface area contributed by atoms with Crippen LogP contribution in [0.2, 0.25) is 0 Å². The largest absolute Gasteiger partial charge is 0.507 e. The Bertz CT molecular complexity index is 650. The van der Waals surface area contributed by atoms with Crippen molar-refractivity contribution in [1.29, 1.82) is 0 Å². The molecule has 2 N–H and O–H groups in total. The van der Waals surface area contributed by atoms with E-state index in [1.165, 1.54) is 31.3 Å². The predicted octanol–water partition coefficient (Wildman–Crippen LogP) is 2.40. The number of nitrogens with zero attached hydrogens (tertiary/aromatic N) is 2. The number of imidazole rings is 1. The molecule has 1 heterocycles. The number of phenols is 1. The zero-order valence-electron chi connectivity index (χ0n) is 10.3. The topological polar surface area (TPSA) is 67.2 Å². The number of halogens is 3. The van der Waals surface area contributed by atoms with E-state index in [0.29, 0.717) is 0 Å². The lowest BCUT2D eigenvalue weighted by atomic mass is 10.2. The third-order valence-corrected chi connectivity index (χ3v) is 2.52. The highest BCUT2D eigenvalue weighted by Gasteiger charge is 2.36. The van der Waals surface area contributed by atoms with Crippen LogP contribution >= 0.6 is 0 Å². The normalized spacial score (nSPS) is 11.4. The van der Waals surface area contributed by atoms with Gasteiger partial charge in [-0.15, -0.1) is 0 Å². The van der Waals surface area contributed by atoms with Crippen LogP contribution in [0.4, 0.5) is 19.0 Å². The summed E-state index contributed by atoms with van der Waals surface area (Å²) >= 11 is 0. The van der Waals surface area contributed by atoms with Crippen LogP contribution in [0.3, 0.4) is 0 Å². The second kappa shape index (κ2) is 4.87. The van der Waals surface area contributed by atoms with Crippen molar-refractivity contribution in [2.24, 2.45) is 7.05 Å². The summed E-state index contributed by atoms with van der Waals surface area (Å²) in [6.45, 7) is 0. The smallest absolute Gasteiger partial charge is 0.449 e. The Morgan fingerprint density at radius 2 is 2.00 bits per heavy atom. The van der Waals surface area contributed by atoms with Gasteiger partial charge in [-0.1, -0.05) is 12.1 Å². The number of carbonyl (C=O) groups excluding carboxylic acids is 1. The number of rotatable bonds is 2. The van der Waals surface area contributed by atoms with Gasteiger partial charge in [0, 0.05) is 13.2 Å². The molecule has 0 aliphatic rings. The number of amides is 1. The van der Waals surface area contributed by atoms with Crippen molar-refractivity contribution >= 4 is 11.7 Å². The fourth-order valence-corrected chi connectivity index (χ4v) is 1.64. The molecule has 20 heavy (non-hydrogen) atoms. The number of phenolic OH excluding ortho intramolecular Hbond substituents is 1. The maximum absolute atomic E-state index is 12.6. The van der Waals surface area contributed by atoms with Crippen LogP contribution in [0, 0.1) is 0 Å². The minimum absolute atomic E-state index is 0.0493. The molecule has 2 rings (SSSR count). The molecular formula is C12H10F3N3O2. The highest BCUT2D eigenvalue weighted by molar-refractivity contribution is 6.05. The summed E-state index contributed by atoms with van der Waals surface area (Å²) in [6, 6.07) is 5.69. The molecule has 0 atom stereocenters. The van der Waals surface area contributed by atoms with E-state index in [0.717, 1.165) is 10.8 Å². The van der Waals surface area contributed by atoms with Gasteiger partial charge in [-0.2, -0.15) is 13.2 Å². The molecule has 0 saturated heterocycles. The molecule has 0 spiro atoms. The van der Waals surface area contributed by atoms with Crippen molar-refractivity contribution in [2.45, 2.75) is 6.18 Å². The number of para-hydroxylation sites is 1. The fourth-order valence-electron chi connectivity index (χ4n) is 1.64. The predicted molar refractivity (Wildman–Crippen MR) is 64.3 cm³/mol. The van der Waals surface area contributed by atoms with Gasteiger partial charge in [0.25, 0.3) is 5.91 Å². The first kappa shape index (κ1) is 13.9. The first-order valence-electron chi connectivity index (χ1n) is 5.49. The van der Waals surface area contributed by atoms with Gasteiger partial charge < -0.3 is 15.0 Å². The highest BCUT2D eigenvalue weighted by Crippen LogP contribution is 2.29. The molecule has 2 aromatic rings. The van der Waals surface area contributed by atoms with E-state index < -0.39 is 17.9 Å². The number of hydrogen-bond donors (Lipinski definition) is 2. The van der Waals surface area contributed by atoms with Crippen LogP contribution in [-0.4, -0.2) is 20.6 Å². The molecule has 8 heteroatoms. The lowest BCUT2D eigenvalue weighted by Gasteiger charge is -2.04. The summed E-state index contributed by atoms with van der Waals surface area (Å²) in [4.78, 5) is 15.1. The van der Waals surface area contributed by atoms with Crippen LogP contribution in [-0.2, 0) is 13.2 Å². The number of nitrogens with one attached hydrogen (secondary N) is 1. The molecule has 106 valence electrons. The van der Waals surface area contributed by atoms with Crippen molar-refractivity contribution in [3.8, 4) is 5.75 Å². The molecule has 1 aromatic carbocycles. The second-order valence-electron chi connectivity index (χ2n) is 4.03. The molecule has 0 aliphatic carbocycles. The SMILES string of the molecule is Cn1cc(NC(=O)c2ccccc2O)nc1C(F)(F)F. The molecule has 0 aliphatic heterocycles. The number of benzene rings is 1. The Morgan fingerprint density at radius 3 is 2.55 bits per heavy atom. The average molecular weight is 285 g/mol. The van der Waals surface area contributed by atoms with Gasteiger partial charge in [-0.05, 0) is 12.1 Å².